The molecule has 7 nitrogen and oxygen atoms in total. The molecule has 3 aromatic rings. The lowest BCUT2D eigenvalue weighted by Crippen LogP contribution is -2.40. The predicted octanol–water partition coefficient (Wildman–Crippen LogP) is 3.07. The molecule has 1 amide bonds. The zero-order valence-electron chi connectivity index (χ0n) is 17.5. The molecule has 1 saturated heterocycles. The number of hydrogen-bond acceptors (Lipinski definition) is 6. The number of H-pyrrole nitrogens is 1. The van der Waals surface area contributed by atoms with Crippen LogP contribution in [0.4, 0.5) is 0 Å². The molecule has 0 spiro atoms. The second-order valence-corrected chi connectivity index (χ2v) is 9.60. The number of aromatic nitrogens is 3. The summed E-state index contributed by atoms with van der Waals surface area (Å²) in [5.74, 6) is 0.681. The summed E-state index contributed by atoms with van der Waals surface area (Å²) in [6, 6.07) is 7.88. The number of carbonyl (C=O) groups excluding carboxylic acids is 1. The molecule has 1 N–H and O–H groups in total. The molecule has 1 atom stereocenters. The van der Waals surface area contributed by atoms with Crippen LogP contribution in [0.15, 0.2) is 41.5 Å². The second-order valence-electron chi connectivity index (χ2n) is 8.23. The van der Waals surface area contributed by atoms with Crippen molar-refractivity contribution in [2.75, 3.05) is 13.1 Å². The Labute approximate surface area is 184 Å². The zero-order chi connectivity index (χ0) is 21.4. The molecule has 5 heterocycles. The lowest BCUT2D eigenvalue weighted by atomic mass is 10.0. The van der Waals surface area contributed by atoms with Gasteiger partial charge >= 0.3 is 0 Å². The first-order valence-electron chi connectivity index (χ1n) is 10.7. The number of pyridine rings is 1. The van der Waals surface area contributed by atoms with Crippen LogP contribution in [0.5, 0.6) is 0 Å². The van der Waals surface area contributed by atoms with Crippen LogP contribution >= 0.6 is 11.3 Å². The fraction of sp³-hybridized carbons (Fsp3) is 0.391. The van der Waals surface area contributed by atoms with E-state index in [9.17, 15) is 9.59 Å². The van der Waals surface area contributed by atoms with Gasteiger partial charge in [0.05, 0.1) is 18.3 Å². The maximum Gasteiger partial charge on any atom is 0.254 e. The summed E-state index contributed by atoms with van der Waals surface area (Å²) in [7, 11) is 0. The largest absolute Gasteiger partial charge is 0.332 e. The number of hydrogen-bond donors (Lipinski definition) is 1. The highest BCUT2D eigenvalue weighted by Gasteiger charge is 2.31. The van der Waals surface area contributed by atoms with Gasteiger partial charge in [-0.15, -0.1) is 11.3 Å². The van der Waals surface area contributed by atoms with Gasteiger partial charge in [-0.1, -0.05) is 0 Å². The van der Waals surface area contributed by atoms with Gasteiger partial charge in [0.1, 0.15) is 5.82 Å². The van der Waals surface area contributed by atoms with Crippen LogP contribution < -0.4 is 5.56 Å². The Morgan fingerprint density at radius 3 is 2.84 bits per heavy atom. The van der Waals surface area contributed by atoms with Crippen molar-refractivity contribution in [3.63, 3.8) is 0 Å². The van der Waals surface area contributed by atoms with Crippen molar-refractivity contribution < 1.29 is 4.79 Å². The minimum atomic E-state index is -0.0603. The minimum Gasteiger partial charge on any atom is -0.332 e. The summed E-state index contributed by atoms with van der Waals surface area (Å²) in [6.07, 6.45) is 5.83. The molecule has 31 heavy (non-hydrogen) atoms. The standard InChI is InChI=1S/C23H25N5O2S/c1-15-4-5-17(31-15)13-27-11-2-3-20(27)21-25-19-14-28(12-8-18(19)22(29)26-21)23(30)16-6-9-24-10-7-16/h4-7,9-10,20H,2-3,8,11-14H2,1H3,(H,25,26,29)/t20-/m1/s1. The lowest BCUT2D eigenvalue weighted by molar-refractivity contribution is 0.0730. The summed E-state index contributed by atoms with van der Waals surface area (Å²) >= 11 is 1.82. The van der Waals surface area contributed by atoms with Gasteiger partial charge in [0.2, 0.25) is 0 Å². The first-order valence-corrected chi connectivity index (χ1v) is 11.5. The highest BCUT2D eigenvalue weighted by Crippen LogP contribution is 2.32. The first kappa shape index (κ1) is 20.1. The molecule has 0 radical (unpaired) electrons. The van der Waals surface area contributed by atoms with Crippen LogP contribution in [-0.4, -0.2) is 43.7 Å². The number of carbonyl (C=O) groups is 1. The summed E-state index contributed by atoms with van der Waals surface area (Å²) in [5, 5.41) is 0. The van der Waals surface area contributed by atoms with Crippen molar-refractivity contribution in [2.24, 2.45) is 0 Å². The number of thiophene rings is 1. The number of amides is 1. The molecular formula is C23H25N5O2S. The van der Waals surface area contributed by atoms with E-state index in [1.807, 2.05) is 11.3 Å². The SMILES string of the molecule is Cc1ccc(CN2CCC[C@@H]2c2nc3c(c(=O)[nH]2)CCN(C(=O)c2ccncc2)C3)s1. The molecule has 2 aliphatic rings. The monoisotopic (exact) mass is 435 g/mol. The van der Waals surface area contributed by atoms with Crippen LogP contribution in [-0.2, 0) is 19.5 Å². The normalized spacial score (nSPS) is 18.9. The number of aryl methyl sites for hydroxylation is 1. The molecule has 0 aliphatic carbocycles. The van der Waals surface area contributed by atoms with Crippen molar-refractivity contribution in [2.45, 2.75) is 45.3 Å². The maximum atomic E-state index is 12.9. The molecule has 1 fully saturated rings. The molecule has 160 valence electrons. The van der Waals surface area contributed by atoms with Crippen LogP contribution in [0.25, 0.3) is 0 Å². The number of rotatable bonds is 4. The van der Waals surface area contributed by atoms with Crippen molar-refractivity contribution in [1.29, 1.82) is 0 Å². The van der Waals surface area contributed by atoms with Crippen LogP contribution in [0.1, 0.15) is 56.1 Å². The van der Waals surface area contributed by atoms with Gasteiger partial charge in [0, 0.05) is 46.4 Å². The Balaban J connectivity index is 1.39. The van der Waals surface area contributed by atoms with Crippen molar-refractivity contribution >= 4 is 17.2 Å². The Bertz CT molecular complexity index is 1160. The third kappa shape index (κ3) is 4.05. The predicted molar refractivity (Wildman–Crippen MR) is 119 cm³/mol. The van der Waals surface area contributed by atoms with E-state index in [1.165, 1.54) is 9.75 Å². The molecule has 2 aliphatic heterocycles. The second kappa shape index (κ2) is 8.36. The molecule has 0 aromatic carbocycles. The van der Waals surface area contributed by atoms with Crippen molar-refractivity contribution in [3.05, 3.63) is 79.4 Å². The molecular weight excluding hydrogens is 410 g/mol. The summed E-state index contributed by atoms with van der Waals surface area (Å²) in [5.41, 5.74) is 1.98. The number of nitrogens with zero attached hydrogens (tertiary/aromatic N) is 4. The molecule has 5 rings (SSSR count). The summed E-state index contributed by atoms with van der Waals surface area (Å²) < 4.78 is 0. The Morgan fingerprint density at radius 1 is 1.23 bits per heavy atom. The van der Waals surface area contributed by atoms with Crippen LogP contribution in [0.3, 0.4) is 0 Å². The third-order valence-electron chi connectivity index (χ3n) is 6.14. The Kier molecular flexibility index (Phi) is 5.41. The van der Waals surface area contributed by atoms with Gasteiger partial charge < -0.3 is 9.88 Å². The van der Waals surface area contributed by atoms with Crippen LogP contribution in [0.2, 0.25) is 0 Å². The molecule has 0 unspecified atom stereocenters. The molecule has 0 bridgehead atoms. The van der Waals surface area contributed by atoms with Crippen LogP contribution in [0, 0.1) is 6.92 Å². The van der Waals surface area contributed by atoms with Gasteiger partial charge in [-0.3, -0.25) is 19.5 Å². The quantitative estimate of drug-likeness (QED) is 0.681. The number of fused-ring (bicyclic) bond motifs is 1. The minimum absolute atomic E-state index is 0.0489. The number of aromatic amines is 1. The Morgan fingerprint density at radius 2 is 2.06 bits per heavy atom. The molecule has 3 aromatic heterocycles. The van der Waals surface area contributed by atoms with Gasteiger partial charge in [0.15, 0.2) is 0 Å². The smallest absolute Gasteiger partial charge is 0.254 e. The van der Waals surface area contributed by atoms with E-state index in [1.54, 1.807) is 29.4 Å². The van der Waals surface area contributed by atoms with E-state index >= 15 is 0 Å². The van der Waals surface area contributed by atoms with Gasteiger partial charge in [-0.2, -0.15) is 0 Å². The zero-order valence-corrected chi connectivity index (χ0v) is 18.3. The maximum absolute atomic E-state index is 12.9. The first-order chi connectivity index (χ1) is 15.1. The topological polar surface area (TPSA) is 82.2 Å². The third-order valence-corrected chi connectivity index (χ3v) is 7.13. The van der Waals surface area contributed by atoms with Crippen molar-refractivity contribution in [1.82, 2.24) is 24.8 Å². The lowest BCUT2D eigenvalue weighted by Gasteiger charge is -2.29. The van der Waals surface area contributed by atoms with E-state index in [0.717, 1.165) is 37.4 Å². The summed E-state index contributed by atoms with van der Waals surface area (Å²) in [6.45, 7) is 4.87. The average molecular weight is 436 g/mol. The molecule has 0 saturated carbocycles. The fourth-order valence-corrected chi connectivity index (χ4v) is 5.48. The average Bonchev–Trinajstić information content (AvgIpc) is 3.42. The Hall–Kier alpha value is -2.84. The van der Waals surface area contributed by atoms with E-state index in [-0.39, 0.29) is 17.5 Å². The van der Waals surface area contributed by atoms with Gasteiger partial charge in [-0.05, 0) is 57.0 Å². The number of likely N-dealkylation sites (tertiary alicyclic amines) is 1. The van der Waals surface area contributed by atoms with Gasteiger partial charge in [0.25, 0.3) is 11.5 Å². The molecule has 8 heteroatoms. The van der Waals surface area contributed by atoms with E-state index in [0.29, 0.717) is 30.6 Å². The summed E-state index contributed by atoms with van der Waals surface area (Å²) in [4.78, 5) is 44.4. The highest BCUT2D eigenvalue weighted by molar-refractivity contribution is 7.11. The fourth-order valence-electron chi connectivity index (χ4n) is 4.56. The van der Waals surface area contributed by atoms with E-state index in [2.05, 4.69) is 33.9 Å². The van der Waals surface area contributed by atoms with E-state index in [4.69, 9.17) is 4.98 Å². The van der Waals surface area contributed by atoms with E-state index < -0.39 is 0 Å². The van der Waals surface area contributed by atoms with Crippen molar-refractivity contribution in [3.8, 4) is 0 Å². The number of nitrogens with one attached hydrogen (secondary N) is 1. The van der Waals surface area contributed by atoms with Gasteiger partial charge in [-0.25, -0.2) is 4.98 Å². The highest BCUT2D eigenvalue weighted by atomic mass is 32.1.